The van der Waals surface area contributed by atoms with Crippen molar-refractivity contribution in [3.8, 4) is 5.75 Å². The molecule has 1 heterocycles. The van der Waals surface area contributed by atoms with E-state index in [-0.39, 0.29) is 5.91 Å². The van der Waals surface area contributed by atoms with E-state index >= 15 is 0 Å². The maximum Gasteiger partial charge on any atom is 0.219 e. The van der Waals surface area contributed by atoms with Gasteiger partial charge in [0.05, 0.1) is 6.54 Å². The van der Waals surface area contributed by atoms with Crippen LogP contribution in [0, 0.1) is 0 Å². The molecule has 4 heteroatoms. The topological polar surface area (TPSA) is 42.7 Å². The maximum atomic E-state index is 11.9. The molecule has 0 N–H and O–H groups in total. The first-order valence-corrected chi connectivity index (χ1v) is 9.04. The van der Waals surface area contributed by atoms with Crippen LogP contribution in [0.2, 0.25) is 0 Å². The first kappa shape index (κ1) is 17.2. The van der Waals surface area contributed by atoms with E-state index in [2.05, 4.69) is 6.07 Å². The molecular weight excluding hydrogens is 338 g/mol. The average Bonchev–Trinajstić information content (AvgIpc) is 3.05. The van der Waals surface area contributed by atoms with E-state index in [1.807, 2.05) is 66.7 Å². The van der Waals surface area contributed by atoms with Crippen LogP contribution >= 0.6 is 0 Å². The predicted octanol–water partition coefficient (Wildman–Crippen LogP) is 5.01. The van der Waals surface area contributed by atoms with Crippen LogP contribution in [0.3, 0.4) is 0 Å². The zero-order valence-corrected chi connectivity index (χ0v) is 15.2. The Morgan fingerprint density at radius 2 is 1.67 bits per heavy atom. The molecule has 3 aromatic carbocycles. The highest BCUT2D eigenvalue weighted by molar-refractivity contribution is 6.05. The van der Waals surface area contributed by atoms with Crippen LogP contribution in [0.1, 0.15) is 12.5 Å². The SMILES string of the molecule is CC(=O)N(CCOc1ccc2c(c1)oc1ccccc12)Cc1ccccc1. The summed E-state index contributed by atoms with van der Waals surface area (Å²) in [6.45, 7) is 3.13. The molecule has 0 fully saturated rings. The summed E-state index contributed by atoms with van der Waals surface area (Å²) >= 11 is 0. The summed E-state index contributed by atoms with van der Waals surface area (Å²) in [5.74, 6) is 0.778. The lowest BCUT2D eigenvalue weighted by Crippen LogP contribution is -2.32. The molecule has 4 nitrogen and oxygen atoms in total. The van der Waals surface area contributed by atoms with Gasteiger partial charge in [-0.3, -0.25) is 4.79 Å². The minimum atomic E-state index is 0.0372. The summed E-state index contributed by atoms with van der Waals surface area (Å²) in [6.07, 6.45) is 0. The van der Waals surface area contributed by atoms with E-state index in [1.54, 1.807) is 11.8 Å². The molecule has 0 saturated heterocycles. The van der Waals surface area contributed by atoms with Gasteiger partial charge >= 0.3 is 0 Å². The normalized spacial score (nSPS) is 11.0. The Hall–Kier alpha value is -3.27. The second-order valence-electron chi connectivity index (χ2n) is 6.53. The van der Waals surface area contributed by atoms with Crippen molar-refractivity contribution in [1.29, 1.82) is 0 Å². The highest BCUT2D eigenvalue weighted by Crippen LogP contribution is 2.30. The van der Waals surface area contributed by atoms with E-state index in [0.717, 1.165) is 33.3 Å². The van der Waals surface area contributed by atoms with Crippen molar-refractivity contribution in [3.05, 3.63) is 78.4 Å². The Kier molecular flexibility index (Phi) is 4.79. The lowest BCUT2D eigenvalue weighted by Gasteiger charge is -2.21. The van der Waals surface area contributed by atoms with Crippen LogP contribution in [-0.2, 0) is 11.3 Å². The molecule has 0 aliphatic heterocycles. The molecule has 0 unspecified atom stereocenters. The largest absolute Gasteiger partial charge is 0.492 e. The third-order valence-electron chi connectivity index (χ3n) is 4.64. The number of furan rings is 1. The number of benzene rings is 3. The minimum absolute atomic E-state index is 0.0372. The number of hydrogen-bond donors (Lipinski definition) is 0. The van der Waals surface area contributed by atoms with Crippen molar-refractivity contribution in [2.45, 2.75) is 13.5 Å². The molecule has 0 bridgehead atoms. The summed E-state index contributed by atoms with van der Waals surface area (Å²) in [7, 11) is 0. The van der Waals surface area contributed by atoms with E-state index in [9.17, 15) is 4.79 Å². The second-order valence-corrected chi connectivity index (χ2v) is 6.53. The quantitative estimate of drug-likeness (QED) is 0.486. The summed E-state index contributed by atoms with van der Waals surface area (Å²) in [5, 5.41) is 2.18. The highest BCUT2D eigenvalue weighted by atomic mass is 16.5. The van der Waals surface area contributed by atoms with Crippen LogP contribution in [0.15, 0.2) is 77.2 Å². The number of rotatable bonds is 6. The molecule has 0 saturated carbocycles. The number of amides is 1. The molecule has 4 rings (SSSR count). The number of carbonyl (C=O) groups is 1. The fourth-order valence-corrected chi connectivity index (χ4v) is 3.22. The van der Waals surface area contributed by atoms with Crippen LogP contribution in [0.5, 0.6) is 5.75 Å². The first-order valence-electron chi connectivity index (χ1n) is 9.04. The number of nitrogens with zero attached hydrogens (tertiary/aromatic N) is 1. The Balaban J connectivity index is 1.43. The van der Waals surface area contributed by atoms with E-state index in [0.29, 0.717) is 19.7 Å². The van der Waals surface area contributed by atoms with Gasteiger partial charge in [0.25, 0.3) is 0 Å². The monoisotopic (exact) mass is 359 g/mol. The molecule has 4 aromatic rings. The van der Waals surface area contributed by atoms with Gasteiger partial charge in [-0.25, -0.2) is 0 Å². The molecule has 0 atom stereocenters. The number of fused-ring (bicyclic) bond motifs is 3. The molecule has 0 radical (unpaired) electrons. The van der Waals surface area contributed by atoms with Crippen LogP contribution in [0.25, 0.3) is 21.9 Å². The zero-order valence-electron chi connectivity index (χ0n) is 15.2. The minimum Gasteiger partial charge on any atom is -0.492 e. The lowest BCUT2D eigenvalue weighted by atomic mass is 10.1. The Morgan fingerprint density at radius 1 is 0.926 bits per heavy atom. The fourth-order valence-electron chi connectivity index (χ4n) is 3.22. The first-order chi connectivity index (χ1) is 13.2. The summed E-state index contributed by atoms with van der Waals surface area (Å²) in [4.78, 5) is 13.7. The molecule has 1 aromatic heterocycles. The Bertz CT molecular complexity index is 1070. The van der Waals surface area contributed by atoms with Crippen molar-refractivity contribution in [1.82, 2.24) is 4.90 Å². The van der Waals surface area contributed by atoms with E-state index in [4.69, 9.17) is 9.15 Å². The van der Waals surface area contributed by atoms with Crippen LogP contribution < -0.4 is 4.74 Å². The lowest BCUT2D eigenvalue weighted by molar-refractivity contribution is -0.129. The smallest absolute Gasteiger partial charge is 0.219 e. The van der Waals surface area contributed by atoms with Gasteiger partial charge in [-0.05, 0) is 23.8 Å². The van der Waals surface area contributed by atoms with Crippen molar-refractivity contribution in [2.24, 2.45) is 0 Å². The highest BCUT2D eigenvalue weighted by Gasteiger charge is 2.11. The number of ether oxygens (including phenoxy) is 1. The molecule has 1 amide bonds. The van der Waals surface area contributed by atoms with Crippen molar-refractivity contribution in [2.75, 3.05) is 13.2 Å². The Labute approximate surface area is 158 Å². The van der Waals surface area contributed by atoms with Gasteiger partial charge in [-0.2, -0.15) is 0 Å². The Morgan fingerprint density at radius 3 is 2.48 bits per heavy atom. The van der Waals surface area contributed by atoms with Crippen LogP contribution in [-0.4, -0.2) is 24.0 Å². The molecule has 0 aliphatic carbocycles. The predicted molar refractivity (Wildman–Crippen MR) is 107 cm³/mol. The van der Waals surface area contributed by atoms with Crippen molar-refractivity contribution >= 4 is 27.8 Å². The van der Waals surface area contributed by atoms with Gasteiger partial charge in [-0.1, -0.05) is 48.5 Å². The molecule has 0 aliphatic rings. The van der Waals surface area contributed by atoms with Gasteiger partial charge in [0.15, 0.2) is 0 Å². The summed E-state index contributed by atoms with van der Waals surface area (Å²) in [6, 6.07) is 23.8. The number of hydrogen-bond acceptors (Lipinski definition) is 3. The van der Waals surface area contributed by atoms with Gasteiger partial charge < -0.3 is 14.1 Å². The van der Waals surface area contributed by atoms with Gasteiger partial charge in [0.2, 0.25) is 5.91 Å². The van der Waals surface area contributed by atoms with E-state index < -0.39 is 0 Å². The molecule has 27 heavy (non-hydrogen) atoms. The van der Waals surface area contributed by atoms with Crippen molar-refractivity contribution < 1.29 is 13.9 Å². The summed E-state index contributed by atoms with van der Waals surface area (Å²) in [5.41, 5.74) is 2.79. The summed E-state index contributed by atoms with van der Waals surface area (Å²) < 4.78 is 11.8. The van der Waals surface area contributed by atoms with Crippen molar-refractivity contribution in [3.63, 3.8) is 0 Å². The number of carbonyl (C=O) groups excluding carboxylic acids is 1. The second kappa shape index (κ2) is 7.54. The maximum absolute atomic E-state index is 11.9. The third kappa shape index (κ3) is 3.80. The molecule has 0 spiro atoms. The zero-order chi connectivity index (χ0) is 18.6. The van der Waals surface area contributed by atoms with Gasteiger partial charge in [0, 0.05) is 30.3 Å². The average molecular weight is 359 g/mol. The van der Waals surface area contributed by atoms with Gasteiger partial charge in [0.1, 0.15) is 23.5 Å². The number of para-hydroxylation sites is 1. The standard InChI is InChI=1S/C23H21NO3/c1-17(25)24(16-18-7-3-2-4-8-18)13-14-26-19-11-12-21-20-9-5-6-10-22(20)27-23(21)15-19/h2-12,15H,13-14,16H2,1H3. The van der Waals surface area contributed by atoms with Gasteiger partial charge in [-0.15, -0.1) is 0 Å². The molecule has 136 valence electrons. The van der Waals surface area contributed by atoms with Crippen LogP contribution in [0.4, 0.5) is 0 Å². The molecular formula is C23H21NO3. The van der Waals surface area contributed by atoms with E-state index in [1.165, 1.54) is 0 Å². The fraction of sp³-hybridized carbons (Fsp3) is 0.174. The third-order valence-corrected chi connectivity index (χ3v) is 4.64.